The molecule has 2 aromatic carbocycles. The van der Waals surface area contributed by atoms with E-state index in [4.69, 9.17) is 25.8 Å². The largest absolute Gasteiger partial charge is 0.488 e. The summed E-state index contributed by atoms with van der Waals surface area (Å²) in [5.74, 6) is 0.792. The summed E-state index contributed by atoms with van der Waals surface area (Å²) in [6.07, 6.45) is -4.46. The SMILES string of the molecule is OC[C@H]1O[C@H](c2ccc(Cl)c(Cc3ccc(O[C@@H]4CCOC4)cc3)c2)[C@H](O)[C@@H](O)[C@@H]1O. The lowest BCUT2D eigenvalue weighted by Gasteiger charge is -2.40. The van der Waals surface area contributed by atoms with Gasteiger partial charge in [-0.1, -0.05) is 35.9 Å². The van der Waals surface area contributed by atoms with Gasteiger partial charge in [0.1, 0.15) is 42.4 Å². The molecular weight excluding hydrogens is 424 g/mol. The minimum Gasteiger partial charge on any atom is -0.488 e. The van der Waals surface area contributed by atoms with Crippen LogP contribution >= 0.6 is 11.6 Å². The molecule has 7 nitrogen and oxygen atoms in total. The van der Waals surface area contributed by atoms with E-state index in [2.05, 4.69) is 0 Å². The highest BCUT2D eigenvalue weighted by Crippen LogP contribution is 2.34. The Hall–Kier alpha value is -1.71. The number of benzene rings is 2. The third kappa shape index (κ3) is 5.04. The van der Waals surface area contributed by atoms with Gasteiger partial charge in [0.15, 0.2) is 0 Å². The lowest BCUT2D eigenvalue weighted by atomic mass is 9.90. The van der Waals surface area contributed by atoms with Crippen molar-refractivity contribution in [2.75, 3.05) is 19.8 Å². The number of halogens is 1. The molecule has 0 aromatic heterocycles. The molecule has 4 rings (SSSR count). The second-order valence-corrected chi connectivity index (χ2v) is 8.43. The highest BCUT2D eigenvalue weighted by molar-refractivity contribution is 6.31. The molecule has 2 aliphatic rings. The lowest BCUT2D eigenvalue weighted by molar-refractivity contribution is -0.231. The van der Waals surface area contributed by atoms with E-state index in [0.29, 0.717) is 23.6 Å². The topological polar surface area (TPSA) is 109 Å². The molecule has 0 spiro atoms. The van der Waals surface area contributed by atoms with Crippen LogP contribution in [0.25, 0.3) is 0 Å². The van der Waals surface area contributed by atoms with Crippen LogP contribution in [-0.4, -0.2) is 70.8 Å². The number of ether oxygens (including phenoxy) is 3. The van der Waals surface area contributed by atoms with Gasteiger partial charge in [-0.3, -0.25) is 0 Å². The smallest absolute Gasteiger partial charge is 0.124 e. The Morgan fingerprint density at radius 2 is 1.77 bits per heavy atom. The van der Waals surface area contributed by atoms with Gasteiger partial charge in [0.25, 0.3) is 0 Å². The van der Waals surface area contributed by atoms with Crippen LogP contribution in [0.4, 0.5) is 0 Å². The molecule has 2 aliphatic heterocycles. The summed E-state index contributed by atoms with van der Waals surface area (Å²) in [7, 11) is 0. The van der Waals surface area contributed by atoms with Gasteiger partial charge < -0.3 is 34.6 Å². The summed E-state index contributed by atoms with van der Waals surface area (Å²) >= 11 is 6.40. The fourth-order valence-electron chi connectivity index (χ4n) is 3.99. The Kier molecular flexibility index (Phi) is 7.13. The van der Waals surface area contributed by atoms with Crippen LogP contribution in [0.2, 0.25) is 5.02 Å². The van der Waals surface area contributed by atoms with Crippen molar-refractivity contribution in [3.63, 3.8) is 0 Å². The van der Waals surface area contributed by atoms with Crippen LogP contribution in [0.15, 0.2) is 42.5 Å². The van der Waals surface area contributed by atoms with E-state index in [-0.39, 0.29) is 6.10 Å². The number of rotatable bonds is 6. The zero-order valence-corrected chi connectivity index (χ0v) is 17.7. The van der Waals surface area contributed by atoms with Gasteiger partial charge in [0.05, 0.1) is 19.8 Å². The molecule has 0 unspecified atom stereocenters. The highest BCUT2D eigenvalue weighted by Gasteiger charge is 2.44. The summed E-state index contributed by atoms with van der Waals surface area (Å²) in [5, 5.41) is 40.5. The van der Waals surface area contributed by atoms with E-state index >= 15 is 0 Å². The van der Waals surface area contributed by atoms with Crippen molar-refractivity contribution >= 4 is 11.6 Å². The monoisotopic (exact) mass is 450 g/mol. The molecule has 0 amide bonds. The number of aliphatic hydroxyl groups excluding tert-OH is 4. The van der Waals surface area contributed by atoms with Crippen LogP contribution < -0.4 is 4.74 Å². The first-order valence-corrected chi connectivity index (χ1v) is 10.8. The van der Waals surface area contributed by atoms with Gasteiger partial charge in [-0.15, -0.1) is 0 Å². The fraction of sp³-hybridized carbons (Fsp3) is 0.478. The number of hydrogen-bond acceptors (Lipinski definition) is 7. The molecule has 0 radical (unpaired) electrons. The number of aliphatic hydroxyl groups is 4. The highest BCUT2D eigenvalue weighted by atomic mass is 35.5. The normalized spacial score (nSPS) is 31.0. The van der Waals surface area contributed by atoms with Crippen LogP contribution in [0.3, 0.4) is 0 Å². The van der Waals surface area contributed by atoms with Gasteiger partial charge in [0, 0.05) is 11.4 Å². The Labute approximate surface area is 185 Å². The molecule has 6 atom stereocenters. The quantitative estimate of drug-likeness (QED) is 0.529. The van der Waals surface area contributed by atoms with E-state index in [1.807, 2.05) is 30.3 Å². The van der Waals surface area contributed by atoms with Crippen molar-refractivity contribution in [3.05, 3.63) is 64.2 Å². The van der Waals surface area contributed by atoms with Crippen LogP contribution in [0.5, 0.6) is 5.75 Å². The first kappa shape index (κ1) is 22.5. The minimum absolute atomic E-state index is 0.0931. The molecule has 0 aliphatic carbocycles. The van der Waals surface area contributed by atoms with Crippen LogP contribution in [0.1, 0.15) is 29.2 Å². The zero-order valence-electron chi connectivity index (χ0n) is 16.9. The molecule has 2 saturated heterocycles. The molecule has 4 N–H and O–H groups in total. The van der Waals surface area contributed by atoms with Crippen molar-refractivity contribution in [1.82, 2.24) is 0 Å². The van der Waals surface area contributed by atoms with E-state index in [0.717, 1.165) is 29.9 Å². The molecule has 0 saturated carbocycles. The van der Waals surface area contributed by atoms with Crippen molar-refractivity contribution in [3.8, 4) is 5.75 Å². The van der Waals surface area contributed by atoms with Crippen molar-refractivity contribution < 1.29 is 34.6 Å². The van der Waals surface area contributed by atoms with E-state index in [1.54, 1.807) is 12.1 Å². The standard InChI is InChI=1S/C23H27ClO7/c24-18-6-3-14(23-22(28)21(27)20(26)19(11-25)31-23)10-15(18)9-13-1-4-16(5-2-13)30-17-7-8-29-12-17/h1-6,10,17,19-23,25-28H,7-9,11-12H2/t17-,19-,20-,21+,22-,23-/m1/s1. The molecule has 168 valence electrons. The van der Waals surface area contributed by atoms with Gasteiger partial charge in [-0.05, 0) is 41.3 Å². The predicted molar refractivity (Wildman–Crippen MR) is 113 cm³/mol. The van der Waals surface area contributed by atoms with E-state index < -0.39 is 37.1 Å². The third-order valence-corrected chi connectivity index (χ3v) is 6.17. The Balaban J connectivity index is 1.49. The first-order valence-electron chi connectivity index (χ1n) is 10.4. The summed E-state index contributed by atoms with van der Waals surface area (Å²) in [6.45, 7) is 0.872. The van der Waals surface area contributed by atoms with E-state index in [1.165, 1.54) is 0 Å². The summed E-state index contributed by atoms with van der Waals surface area (Å²) < 4.78 is 16.9. The second-order valence-electron chi connectivity index (χ2n) is 8.02. The predicted octanol–water partition coefficient (Wildman–Crippen LogP) is 1.61. The fourth-order valence-corrected chi connectivity index (χ4v) is 4.17. The van der Waals surface area contributed by atoms with Crippen molar-refractivity contribution in [2.24, 2.45) is 0 Å². The summed E-state index contributed by atoms with van der Waals surface area (Å²) in [4.78, 5) is 0. The zero-order chi connectivity index (χ0) is 22.0. The third-order valence-electron chi connectivity index (χ3n) is 5.80. The summed E-state index contributed by atoms with van der Waals surface area (Å²) in [5.41, 5.74) is 2.47. The Morgan fingerprint density at radius 1 is 1.00 bits per heavy atom. The first-order chi connectivity index (χ1) is 15.0. The lowest BCUT2D eigenvalue weighted by Crippen LogP contribution is -2.55. The van der Waals surface area contributed by atoms with Crippen molar-refractivity contribution in [1.29, 1.82) is 0 Å². The molecule has 2 aromatic rings. The van der Waals surface area contributed by atoms with E-state index in [9.17, 15) is 20.4 Å². The van der Waals surface area contributed by atoms with Gasteiger partial charge >= 0.3 is 0 Å². The molecular formula is C23H27ClO7. The second kappa shape index (κ2) is 9.83. The molecule has 2 heterocycles. The Morgan fingerprint density at radius 3 is 2.45 bits per heavy atom. The van der Waals surface area contributed by atoms with Crippen molar-refractivity contribution in [2.45, 2.75) is 49.5 Å². The maximum Gasteiger partial charge on any atom is 0.124 e. The molecule has 0 bridgehead atoms. The maximum absolute atomic E-state index is 10.4. The molecule has 8 heteroatoms. The van der Waals surface area contributed by atoms with Gasteiger partial charge in [-0.25, -0.2) is 0 Å². The summed E-state index contributed by atoms with van der Waals surface area (Å²) in [6, 6.07) is 13.0. The average Bonchev–Trinajstić information content (AvgIpc) is 3.28. The molecule has 31 heavy (non-hydrogen) atoms. The maximum atomic E-state index is 10.4. The van der Waals surface area contributed by atoms with Crippen LogP contribution in [0, 0.1) is 0 Å². The Bertz CT molecular complexity index is 867. The van der Waals surface area contributed by atoms with Gasteiger partial charge in [0.2, 0.25) is 0 Å². The number of hydrogen-bond donors (Lipinski definition) is 4. The molecule has 2 fully saturated rings. The minimum atomic E-state index is -1.42. The van der Waals surface area contributed by atoms with Crippen LogP contribution in [-0.2, 0) is 15.9 Å². The average molecular weight is 451 g/mol. The van der Waals surface area contributed by atoms with Gasteiger partial charge in [-0.2, -0.15) is 0 Å².